The van der Waals surface area contributed by atoms with E-state index in [2.05, 4.69) is 0 Å². The van der Waals surface area contributed by atoms with Crippen molar-refractivity contribution in [3.63, 3.8) is 0 Å². The predicted octanol–water partition coefficient (Wildman–Crippen LogP) is 1.92. The number of amides is 1. The second kappa shape index (κ2) is 7.88. The Bertz CT molecular complexity index is 868. The second-order valence-electron chi connectivity index (χ2n) is 6.19. The minimum absolute atomic E-state index is 0.181. The number of benzene rings is 2. The van der Waals surface area contributed by atoms with Gasteiger partial charge in [-0.1, -0.05) is 42.5 Å². The molecule has 0 saturated heterocycles. The van der Waals surface area contributed by atoms with E-state index in [0.29, 0.717) is 31.0 Å². The van der Waals surface area contributed by atoms with Crippen LogP contribution in [-0.4, -0.2) is 51.1 Å². The zero-order chi connectivity index (χ0) is 18.6. The summed E-state index contributed by atoms with van der Waals surface area (Å²) in [7, 11) is -3.49. The molecule has 0 fully saturated rings. The van der Waals surface area contributed by atoms with Crippen molar-refractivity contribution in [3.8, 4) is 5.75 Å². The molecule has 0 aliphatic carbocycles. The van der Waals surface area contributed by atoms with Gasteiger partial charge in [0.25, 0.3) is 0 Å². The fraction of sp³-hybridized carbons (Fsp3) is 0.316. The Morgan fingerprint density at radius 1 is 1.12 bits per heavy atom. The van der Waals surface area contributed by atoms with E-state index in [-0.39, 0.29) is 19.0 Å². The number of anilines is 1. The highest BCUT2D eigenvalue weighted by Gasteiger charge is 2.27. The van der Waals surface area contributed by atoms with E-state index < -0.39 is 10.0 Å². The normalized spacial score (nSPS) is 14.0. The average Bonchev–Trinajstić information content (AvgIpc) is 2.64. The van der Waals surface area contributed by atoms with Crippen LogP contribution in [0.2, 0.25) is 0 Å². The number of carbonyl (C=O) groups is 1. The van der Waals surface area contributed by atoms with Crippen molar-refractivity contribution in [2.75, 3.05) is 37.4 Å². The lowest BCUT2D eigenvalue weighted by molar-refractivity contribution is -0.119. The van der Waals surface area contributed by atoms with Gasteiger partial charge in [0.1, 0.15) is 12.4 Å². The van der Waals surface area contributed by atoms with Gasteiger partial charge in [0.05, 0.1) is 25.0 Å². The molecule has 0 saturated carbocycles. The highest BCUT2D eigenvalue weighted by Crippen LogP contribution is 2.31. The molecule has 2 aromatic carbocycles. The summed E-state index contributed by atoms with van der Waals surface area (Å²) in [5.74, 6) is 0.390. The number of fused-ring (bicyclic) bond motifs is 1. The van der Waals surface area contributed by atoms with Gasteiger partial charge in [0.2, 0.25) is 15.9 Å². The standard InChI is InChI=1S/C19H22N2O4S/c1-26(23,24)20(12-11-16-7-3-2-4-8-16)15-19(22)21-13-14-25-18-10-6-5-9-17(18)21/h2-10H,11-15H2,1H3. The molecule has 0 aromatic heterocycles. The lowest BCUT2D eigenvalue weighted by Crippen LogP contribution is -2.46. The van der Waals surface area contributed by atoms with Crippen LogP contribution in [0.1, 0.15) is 5.56 Å². The Balaban J connectivity index is 1.72. The number of rotatable bonds is 6. The topological polar surface area (TPSA) is 66.9 Å². The molecular formula is C19H22N2O4S. The third-order valence-corrected chi connectivity index (χ3v) is 5.55. The summed E-state index contributed by atoms with van der Waals surface area (Å²) in [6, 6.07) is 16.9. The Labute approximate surface area is 154 Å². The minimum Gasteiger partial charge on any atom is -0.490 e. The maximum Gasteiger partial charge on any atom is 0.242 e. The average molecular weight is 374 g/mol. The molecule has 2 aromatic rings. The summed E-state index contributed by atoms with van der Waals surface area (Å²) in [4.78, 5) is 14.4. The summed E-state index contributed by atoms with van der Waals surface area (Å²) in [6.07, 6.45) is 1.69. The molecule has 26 heavy (non-hydrogen) atoms. The van der Waals surface area contributed by atoms with Gasteiger partial charge in [0, 0.05) is 6.54 Å². The molecule has 3 rings (SSSR count). The number of ether oxygens (including phenoxy) is 1. The van der Waals surface area contributed by atoms with Crippen molar-refractivity contribution < 1.29 is 17.9 Å². The molecule has 1 aliphatic heterocycles. The number of hydrogen-bond acceptors (Lipinski definition) is 4. The Kier molecular flexibility index (Phi) is 5.58. The van der Waals surface area contributed by atoms with Gasteiger partial charge in [-0.15, -0.1) is 0 Å². The highest BCUT2D eigenvalue weighted by atomic mass is 32.2. The SMILES string of the molecule is CS(=O)(=O)N(CCc1ccccc1)CC(=O)N1CCOc2ccccc21. The van der Waals surface area contributed by atoms with E-state index in [9.17, 15) is 13.2 Å². The minimum atomic E-state index is -3.49. The van der Waals surface area contributed by atoms with Crippen molar-refractivity contribution >= 4 is 21.6 Å². The third-order valence-electron chi connectivity index (χ3n) is 4.30. The first kappa shape index (κ1) is 18.4. The maximum atomic E-state index is 12.8. The Hall–Kier alpha value is -2.38. The molecule has 0 atom stereocenters. The zero-order valence-electron chi connectivity index (χ0n) is 14.7. The van der Waals surface area contributed by atoms with Gasteiger partial charge in [-0.05, 0) is 24.1 Å². The van der Waals surface area contributed by atoms with Crippen molar-refractivity contribution in [1.82, 2.24) is 4.31 Å². The first-order valence-corrected chi connectivity index (χ1v) is 10.3. The number of sulfonamides is 1. The van der Waals surface area contributed by atoms with E-state index in [1.807, 2.05) is 42.5 Å². The van der Waals surface area contributed by atoms with Crippen molar-refractivity contribution in [2.45, 2.75) is 6.42 Å². The van der Waals surface area contributed by atoms with Crippen LogP contribution < -0.4 is 9.64 Å². The van der Waals surface area contributed by atoms with E-state index in [4.69, 9.17) is 4.74 Å². The molecule has 0 spiro atoms. The third kappa shape index (κ3) is 4.42. The fourth-order valence-electron chi connectivity index (χ4n) is 2.93. The zero-order valence-corrected chi connectivity index (χ0v) is 15.5. The summed E-state index contributed by atoms with van der Waals surface area (Å²) >= 11 is 0. The van der Waals surface area contributed by atoms with Crippen LogP contribution >= 0.6 is 0 Å². The number of hydrogen-bond donors (Lipinski definition) is 0. The molecule has 1 aliphatic rings. The van der Waals surface area contributed by atoms with Crippen molar-refractivity contribution in [3.05, 3.63) is 60.2 Å². The van der Waals surface area contributed by atoms with Gasteiger partial charge in [-0.3, -0.25) is 4.79 Å². The van der Waals surface area contributed by atoms with Crippen LogP contribution in [0.15, 0.2) is 54.6 Å². The van der Waals surface area contributed by atoms with Crippen LogP contribution in [0.5, 0.6) is 5.75 Å². The van der Waals surface area contributed by atoms with Gasteiger partial charge in [-0.25, -0.2) is 8.42 Å². The van der Waals surface area contributed by atoms with Crippen molar-refractivity contribution in [2.24, 2.45) is 0 Å². The quantitative estimate of drug-likeness (QED) is 0.775. The van der Waals surface area contributed by atoms with Gasteiger partial charge < -0.3 is 9.64 Å². The number of nitrogens with zero attached hydrogens (tertiary/aromatic N) is 2. The fourth-order valence-corrected chi connectivity index (χ4v) is 3.69. The summed E-state index contributed by atoms with van der Waals surface area (Å²) in [6.45, 7) is 0.887. The van der Waals surface area contributed by atoms with E-state index in [0.717, 1.165) is 11.8 Å². The molecule has 0 bridgehead atoms. The second-order valence-corrected chi connectivity index (χ2v) is 8.18. The molecule has 1 heterocycles. The molecular weight excluding hydrogens is 352 g/mol. The van der Waals surface area contributed by atoms with Crippen LogP contribution in [-0.2, 0) is 21.2 Å². The number of carbonyl (C=O) groups excluding carboxylic acids is 1. The first-order valence-electron chi connectivity index (χ1n) is 8.46. The molecule has 6 nitrogen and oxygen atoms in total. The maximum absolute atomic E-state index is 12.8. The van der Waals surface area contributed by atoms with E-state index in [1.54, 1.807) is 17.0 Å². The highest BCUT2D eigenvalue weighted by molar-refractivity contribution is 7.88. The summed E-state index contributed by atoms with van der Waals surface area (Å²) in [5, 5.41) is 0. The van der Waals surface area contributed by atoms with Gasteiger partial charge >= 0.3 is 0 Å². The van der Waals surface area contributed by atoms with E-state index >= 15 is 0 Å². The molecule has 138 valence electrons. The molecule has 0 unspecified atom stereocenters. The number of para-hydroxylation sites is 2. The molecule has 0 radical (unpaired) electrons. The van der Waals surface area contributed by atoms with Gasteiger partial charge in [-0.2, -0.15) is 4.31 Å². The van der Waals surface area contributed by atoms with Gasteiger partial charge in [0.15, 0.2) is 0 Å². The largest absolute Gasteiger partial charge is 0.490 e. The lowest BCUT2D eigenvalue weighted by atomic mass is 10.1. The monoisotopic (exact) mass is 374 g/mol. The Morgan fingerprint density at radius 3 is 2.54 bits per heavy atom. The molecule has 0 N–H and O–H groups in total. The van der Waals surface area contributed by atoms with E-state index in [1.165, 1.54) is 4.31 Å². The predicted molar refractivity (Wildman–Crippen MR) is 101 cm³/mol. The van der Waals surface area contributed by atoms with Crippen molar-refractivity contribution in [1.29, 1.82) is 0 Å². The lowest BCUT2D eigenvalue weighted by Gasteiger charge is -2.31. The van der Waals surface area contributed by atoms with Crippen LogP contribution in [0.4, 0.5) is 5.69 Å². The molecule has 1 amide bonds. The first-order chi connectivity index (χ1) is 12.4. The van der Waals surface area contributed by atoms with Crippen LogP contribution in [0.25, 0.3) is 0 Å². The summed E-state index contributed by atoms with van der Waals surface area (Å²) < 4.78 is 31.1. The summed E-state index contributed by atoms with van der Waals surface area (Å²) in [5.41, 5.74) is 1.71. The molecule has 7 heteroatoms. The van der Waals surface area contributed by atoms with Crippen LogP contribution in [0, 0.1) is 0 Å². The van der Waals surface area contributed by atoms with Crippen LogP contribution in [0.3, 0.4) is 0 Å². The smallest absolute Gasteiger partial charge is 0.242 e. The Morgan fingerprint density at radius 2 is 1.81 bits per heavy atom.